The minimum Gasteiger partial charge on any atom is -0.383 e. The first-order chi connectivity index (χ1) is 10.3. The zero-order valence-corrected chi connectivity index (χ0v) is 12.1. The Kier molecular flexibility index (Phi) is 3.79. The lowest BCUT2D eigenvalue weighted by molar-refractivity contribution is 0.0955. The van der Waals surface area contributed by atoms with E-state index >= 15 is 0 Å². The summed E-state index contributed by atoms with van der Waals surface area (Å²) in [5.41, 5.74) is 9.15. The first-order valence-corrected chi connectivity index (χ1v) is 7.48. The normalized spacial score (nSPS) is 10.7. The molecule has 0 bridgehead atoms. The summed E-state index contributed by atoms with van der Waals surface area (Å²) in [6.07, 6.45) is 2.24. The molecule has 0 aliphatic heterocycles. The van der Waals surface area contributed by atoms with Crippen LogP contribution in [0.2, 0.25) is 0 Å². The number of carbonyl (C=O) groups excluding carboxylic acids is 1. The zero-order valence-electron chi connectivity index (χ0n) is 11.2. The largest absolute Gasteiger partial charge is 0.383 e. The molecule has 0 fully saturated rings. The summed E-state index contributed by atoms with van der Waals surface area (Å²) in [6, 6.07) is 7.50. The molecule has 0 spiro atoms. The number of hydrogen-bond donors (Lipinski definition) is 2. The van der Waals surface area contributed by atoms with Crippen LogP contribution < -0.4 is 11.1 Å². The van der Waals surface area contributed by atoms with E-state index in [2.05, 4.69) is 15.3 Å². The molecule has 1 amide bonds. The third kappa shape index (κ3) is 2.85. The average Bonchev–Trinajstić information content (AvgIpc) is 3.01. The molecular weight excluding hydrogens is 284 g/mol. The summed E-state index contributed by atoms with van der Waals surface area (Å²) in [5, 5.41) is 6.48. The maximum atomic E-state index is 12.3. The molecule has 106 valence electrons. The van der Waals surface area contributed by atoms with Gasteiger partial charge in [0.15, 0.2) is 0 Å². The van der Waals surface area contributed by atoms with E-state index in [-0.39, 0.29) is 5.91 Å². The zero-order chi connectivity index (χ0) is 14.7. The molecular formula is C15H14N4OS. The number of anilines is 1. The van der Waals surface area contributed by atoms with Crippen molar-refractivity contribution in [2.24, 2.45) is 0 Å². The fourth-order valence-electron chi connectivity index (χ4n) is 2.16. The maximum absolute atomic E-state index is 12.3. The number of rotatable bonds is 4. The molecule has 5 nitrogen and oxygen atoms in total. The number of pyridine rings is 1. The summed E-state index contributed by atoms with van der Waals surface area (Å²) in [7, 11) is 0. The van der Waals surface area contributed by atoms with Crippen molar-refractivity contribution in [3.05, 3.63) is 52.6 Å². The summed E-state index contributed by atoms with van der Waals surface area (Å²) >= 11 is 1.55. The molecule has 3 aromatic rings. The second kappa shape index (κ2) is 5.88. The van der Waals surface area contributed by atoms with Gasteiger partial charge in [-0.25, -0.2) is 9.97 Å². The van der Waals surface area contributed by atoms with Gasteiger partial charge in [-0.05, 0) is 5.39 Å². The van der Waals surface area contributed by atoms with E-state index in [1.54, 1.807) is 16.8 Å². The molecule has 0 radical (unpaired) electrons. The molecule has 6 heteroatoms. The fraction of sp³-hybridized carbons (Fsp3) is 0.133. The van der Waals surface area contributed by atoms with E-state index in [0.717, 1.165) is 22.9 Å². The van der Waals surface area contributed by atoms with Crippen molar-refractivity contribution < 1.29 is 4.79 Å². The van der Waals surface area contributed by atoms with Gasteiger partial charge in [-0.3, -0.25) is 4.79 Å². The van der Waals surface area contributed by atoms with E-state index in [9.17, 15) is 4.79 Å². The molecule has 0 unspecified atom stereocenters. The third-order valence-electron chi connectivity index (χ3n) is 3.22. The van der Waals surface area contributed by atoms with E-state index in [0.29, 0.717) is 17.9 Å². The second-order valence-electron chi connectivity index (χ2n) is 4.59. The van der Waals surface area contributed by atoms with Crippen molar-refractivity contribution in [1.82, 2.24) is 15.3 Å². The van der Waals surface area contributed by atoms with Gasteiger partial charge in [0.25, 0.3) is 5.91 Å². The number of hydrogen-bond acceptors (Lipinski definition) is 5. The van der Waals surface area contributed by atoms with E-state index in [1.807, 2.05) is 29.6 Å². The van der Waals surface area contributed by atoms with Gasteiger partial charge < -0.3 is 11.1 Å². The quantitative estimate of drug-likeness (QED) is 0.774. The second-order valence-corrected chi connectivity index (χ2v) is 5.31. The van der Waals surface area contributed by atoms with Crippen LogP contribution in [0, 0.1) is 0 Å². The van der Waals surface area contributed by atoms with Gasteiger partial charge in [-0.2, -0.15) is 0 Å². The molecule has 2 heterocycles. The number of carbonyl (C=O) groups is 1. The lowest BCUT2D eigenvalue weighted by Crippen LogP contribution is -2.26. The maximum Gasteiger partial charge on any atom is 0.253 e. The molecule has 0 atom stereocenters. The highest BCUT2D eigenvalue weighted by Crippen LogP contribution is 2.22. The summed E-state index contributed by atoms with van der Waals surface area (Å²) in [5.74, 6) is 0.290. The number of nitrogens with two attached hydrogens (primary N) is 1. The SMILES string of the molecule is Nc1ncc(C(=O)NCCc2cscn2)c2ccccc12. The summed E-state index contributed by atoms with van der Waals surface area (Å²) < 4.78 is 0. The van der Waals surface area contributed by atoms with Crippen LogP contribution in [0.1, 0.15) is 16.1 Å². The van der Waals surface area contributed by atoms with Crippen LogP contribution >= 0.6 is 11.3 Å². The van der Waals surface area contributed by atoms with Crippen molar-refractivity contribution in [3.8, 4) is 0 Å². The molecule has 2 aromatic heterocycles. The first kappa shape index (κ1) is 13.5. The van der Waals surface area contributed by atoms with Crippen molar-refractivity contribution in [2.45, 2.75) is 6.42 Å². The van der Waals surface area contributed by atoms with Gasteiger partial charge in [-0.1, -0.05) is 24.3 Å². The number of nitrogen functional groups attached to an aromatic ring is 1. The van der Waals surface area contributed by atoms with Crippen LogP contribution in [0.3, 0.4) is 0 Å². The van der Waals surface area contributed by atoms with Gasteiger partial charge in [0.1, 0.15) is 5.82 Å². The third-order valence-corrected chi connectivity index (χ3v) is 3.86. The Labute approximate surface area is 125 Å². The number of nitrogens with one attached hydrogen (secondary N) is 1. The van der Waals surface area contributed by atoms with Crippen LogP contribution in [0.4, 0.5) is 5.82 Å². The fourth-order valence-corrected chi connectivity index (χ4v) is 2.75. The number of nitrogens with zero attached hydrogens (tertiary/aromatic N) is 2. The molecule has 3 N–H and O–H groups in total. The predicted octanol–water partition coefficient (Wildman–Crippen LogP) is 2.25. The molecule has 0 aliphatic carbocycles. The number of thiazole rings is 1. The highest BCUT2D eigenvalue weighted by atomic mass is 32.1. The number of benzene rings is 1. The summed E-state index contributed by atoms with van der Waals surface area (Å²) in [4.78, 5) is 20.6. The Morgan fingerprint density at radius 2 is 2.05 bits per heavy atom. The Morgan fingerprint density at radius 3 is 2.81 bits per heavy atom. The van der Waals surface area contributed by atoms with E-state index < -0.39 is 0 Å². The van der Waals surface area contributed by atoms with Crippen LogP contribution in [-0.2, 0) is 6.42 Å². The Bertz CT molecular complexity index is 770. The van der Waals surface area contributed by atoms with E-state index in [1.165, 1.54) is 6.20 Å². The van der Waals surface area contributed by atoms with Crippen molar-refractivity contribution >= 4 is 33.8 Å². The minimum atomic E-state index is -0.145. The topological polar surface area (TPSA) is 80.9 Å². The van der Waals surface area contributed by atoms with Crippen LogP contribution in [0.15, 0.2) is 41.4 Å². The molecule has 3 rings (SSSR count). The number of fused-ring (bicyclic) bond motifs is 1. The van der Waals surface area contributed by atoms with Crippen molar-refractivity contribution in [2.75, 3.05) is 12.3 Å². The lowest BCUT2D eigenvalue weighted by Gasteiger charge is -2.08. The van der Waals surface area contributed by atoms with Gasteiger partial charge in [0, 0.05) is 29.9 Å². The number of amides is 1. The lowest BCUT2D eigenvalue weighted by atomic mass is 10.1. The predicted molar refractivity (Wildman–Crippen MR) is 84.3 cm³/mol. The standard InChI is InChI=1S/C15H14N4OS/c16-14-12-4-2-1-3-11(12)13(7-18-14)15(20)17-6-5-10-8-21-9-19-10/h1-4,7-9H,5-6H2,(H2,16,18)(H,17,20). The monoisotopic (exact) mass is 298 g/mol. The smallest absolute Gasteiger partial charge is 0.253 e. The van der Waals surface area contributed by atoms with E-state index in [4.69, 9.17) is 5.73 Å². The average molecular weight is 298 g/mol. The number of aromatic nitrogens is 2. The first-order valence-electron chi connectivity index (χ1n) is 6.54. The van der Waals surface area contributed by atoms with Gasteiger partial charge in [0.2, 0.25) is 0 Å². The minimum absolute atomic E-state index is 0.145. The highest BCUT2D eigenvalue weighted by Gasteiger charge is 2.11. The van der Waals surface area contributed by atoms with Crippen molar-refractivity contribution in [1.29, 1.82) is 0 Å². The van der Waals surface area contributed by atoms with Gasteiger partial charge >= 0.3 is 0 Å². The Morgan fingerprint density at radius 1 is 1.24 bits per heavy atom. The summed E-state index contributed by atoms with van der Waals surface area (Å²) in [6.45, 7) is 0.543. The Hall–Kier alpha value is -2.47. The molecule has 0 aliphatic rings. The van der Waals surface area contributed by atoms with Gasteiger partial charge in [-0.15, -0.1) is 11.3 Å². The van der Waals surface area contributed by atoms with Crippen LogP contribution in [0.25, 0.3) is 10.8 Å². The van der Waals surface area contributed by atoms with Gasteiger partial charge in [0.05, 0.1) is 16.8 Å². The molecule has 1 aromatic carbocycles. The molecule has 21 heavy (non-hydrogen) atoms. The van der Waals surface area contributed by atoms with Crippen LogP contribution in [-0.4, -0.2) is 22.4 Å². The van der Waals surface area contributed by atoms with Crippen molar-refractivity contribution in [3.63, 3.8) is 0 Å². The highest BCUT2D eigenvalue weighted by molar-refractivity contribution is 7.07. The molecule has 0 saturated heterocycles. The Balaban J connectivity index is 1.77. The molecule has 0 saturated carbocycles. The van der Waals surface area contributed by atoms with Crippen LogP contribution in [0.5, 0.6) is 0 Å².